The Balaban J connectivity index is 2.36. The number of nitrogens with zero attached hydrogens (tertiary/aromatic N) is 3. The lowest BCUT2D eigenvalue weighted by atomic mass is 10.2. The van der Waals surface area contributed by atoms with Gasteiger partial charge in [-0.15, -0.1) is 5.10 Å². The largest absolute Gasteiger partial charge is 0.378 e. The minimum absolute atomic E-state index is 0.241. The Labute approximate surface area is 128 Å². The van der Waals surface area contributed by atoms with Gasteiger partial charge >= 0.3 is 0 Å². The monoisotopic (exact) mass is 308 g/mol. The first-order valence-corrected chi connectivity index (χ1v) is 7.02. The normalized spacial score (nSPS) is 10.6. The number of halogens is 1. The van der Waals surface area contributed by atoms with Crippen LogP contribution < -0.4 is 5.32 Å². The fourth-order valence-corrected chi connectivity index (χ4v) is 1.98. The van der Waals surface area contributed by atoms with Gasteiger partial charge in [0.2, 0.25) is 0 Å². The van der Waals surface area contributed by atoms with Crippen molar-refractivity contribution in [2.75, 3.05) is 13.7 Å². The van der Waals surface area contributed by atoms with E-state index >= 15 is 0 Å². The summed E-state index contributed by atoms with van der Waals surface area (Å²) < 4.78 is 6.74. The molecule has 112 valence electrons. The van der Waals surface area contributed by atoms with E-state index in [1.807, 2.05) is 19.1 Å². The number of benzene rings is 1. The van der Waals surface area contributed by atoms with Gasteiger partial charge in [-0.2, -0.15) is 0 Å². The number of methoxy groups -OCH3 is 1. The molecule has 0 aliphatic heterocycles. The summed E-state index contributed by atoms with van der Waals surface area (Å²) in [7, 11) is 1.56. The van der Waals surface area contributed by atoms with Crippen LogP contribution in [-0.4, -0.2) is 34.6 Å². The standard InChI is InChI=1S/C14H17ClN4O2/c1-3-8-16-14(20)13-12(9-21-2)19(18-17-13)11-6-4-10(15)5-7-11/h4-7H,3,8-9H2,1-2H3,(H,16,20). The highest BCUT2D eigenvalue weighted by atomic mass is 35.5. The molecule has 2 aromatic rings. The van der Waals surface area contributed by atoms with E-state index in [0.717, 1.165) is 12.1 Å². The maximum atomic E-state index is 12.1. The molecule has 0 spiro atoms. The second-order valence-corrected chi connectivity index (χ2v) is 4.90. The highest BCUT2D eigenvalue weighted by Crippen LogP contribution is 2.17. The van der Waals surface area contributed by atoms with E-state index in [9.17, 15) is 4.79 Å². The molecular weight excluding hydrogens is 292 g/mol. The molecule has 0 atom stereocenters. The highest BCUT2D eigenvalue weighted by molar-refractivity contribution is 6.30. The fraction of sp³-hybridized carbons (Fsp3) is 0.357. The van der Waals surface area contributed by atoms with Crippen LogP contribution in [-0.2, 0) is 11.3 Å². The third kappa shape index (κ3) is 3.59. The van der Waals surface area contributed by atoms with Crippen LogP contribution in [0.5, 0.6) is 0 Å². The van der Waals surface area contributed by atoms with Crippen molar-refractivity contribution in [3.05, 3.63) is 40.7 Å². The smallest absolute Gasteiger partial charge is 0.273 e. The molecule has 0 aliphatic rings. The van der Waals surface area contributed by atoms with Gasteiger partial charge < -0.3 is 10.1 Å². The fourth-order valence-electron chi connectivity index (χ4n) is 1.86. The number of aromatic nitrogens is 3. The van der Waals surface area contributed by atoms with Crippen LogP contribution in [0.2, 0.25) is 5.02 Å². The Morgan fingerprint density at radius 2 is 2.10 bits per heavy atom. The molecule has 1 aromatic heterocycles. The van der Waals surface area contributed by atoms with Crippen LogP contribution in [0.25, 0.3) is 5.69 Å². The number of rotatable bonds is 6. The summed E-state index contributed by atoms with van der Waals surface area (Å²) in [6, 6.07) is 7.13. The predicted molar refractivity (Wildman–Crippen MR) is 79.7 cm³/mol. The number of carbonyl (C=O) groups excluding carboxylic acids is 1. The SMILES string of the molecule is CCCNC(=O)c1nnn(-c2ccc(Cl)cc2)c1COC. The Hall–Kier alpha value is -1.92. The minimum Gasteiger partial charge on any atom is -0.378 e. The minimum atomic E-state index is -0.246. The quantitative estimate of drug-likeness (QED) is 0.888. The Bertz CT molecular complexity index is 610. The van der Waals surface area contributed by atoms with Crippen molar-refractivity contribution in [1.29, 1.82) is 0 Å². The van der Waals surface area contributed by atoms with E-state index < -0.39 is 0 Å². The van der Waals surface area contributed by atoms with Crippen LogP contribution in [0.3, 0.4) is 0 Å². The highest BCUT2D eigenvalue weighted by Gasteiger charge is 2.20. The molecule has 1 heterocycles. The molecule has 0 saturated carbocycles. The van der Waals surface area contributed by atoms with Gasteiger partial charge in [0, 0.05) is 18.7 Å². The third-order valence-corrected chi connectivity index (χ3v) is 3.12. The molecule has 0 aliphatic carbocycles. The van der Waals surface area contributed by atoms with Crippen LogP contribution >= 0.6 is 11.6 Å². The molecule has 0 fully saturated rings. The van der Waals surface area contributed by atoms with E-state index in [1.54, 1.807) is 23.9 Å². The maximum Gasteiger partial charge on any atom is 0.273 e. The topological polar surface area (TPSA) is 69.0 Å². The Morgan fingerprint density at radius 1 is 1.38 bits per heavy atom. The number of hydrogen-bond acceptors (Lipinski definition) is 4. The van der Waals surface area contributed by atoms with Gasteiger partial charge in [0.15, 0.2) is 5.69 Å². The molecule has 0 unspecified atom stereocenters. The predicted octanol–water partition coefficient (Wildman–Crippen LogP) is 2.21. The summed E-state index contributed by atoms with van der Waals surface area (Å²) in [6.07, 6.45) is 0.858. The van der Waals surface area contributed by atoms with Gasteiger partial charge in [-0.25, -0.2) is 4.68 Å². The zero-order chi connectivity index (χ0) is 15.2. The van der Waals surface area contributed by atoms with Crippen molar-refractivity contribution in [1.82, 2.24) is 20.3 Å². The molecule has 0 saturated heterocycles. The number of nitrogens with one attached hydrogen (secondary N) is 1. The first-order chi connectivity index (χ1) is 10.2. The first-order valence-electron chi connectivity index (χ1n) is 6.65. The molecule has 7 heteroatoms. The van der Waals surface area contributed by atoms with Crippen molar-refractivity contribution >= 4 is 17.5 Å². The van der Waals surface area contributed by atoms with Crippen LogP contribution in [0.15, 0.2) is 24.3 Å². The lowest BCUT2D eigenvalue weighted by Crippen LogP contribution is -2.25. The molecule has 0 radical (unpaired) electrons. The number of hydrogen-bond donors (Lipinski definition) is 1. The van der Waals surface area contributed by atoms with E-state index in [4.69, 9.17) is 16.3 Å². The summed E-state index contributed by atoms with van der Waals surface area (Å²) in [5.41, 5.74) is 1.65. The summed E-state index contributed by atoms with van der Waals surface area (Å²) in [4.78, 5) is 12.1. The number of ether oxygens (including phenoxy) is 1. The molecule has 6 nitrogen and oxygen atoms in total. The maximum absolute atomic E-state index is 12.1. The van der Waals surface area contributed by atoms with Gasteiger partial charge in [-0.05, 0) is 30.7 Å². The number of amides is 1. The van der Waals surface area contributed by atoms with E-state index in [0.29, 0.717) is 17.3 Å². The lowest BCUT2D eigenvalue weighted by Gasteiger charge is -2.07. The van der Waals surface area contributed by atoms with Crippen molar-refractivity contribution in [2.24, 2.45) is 0 Å². The Kier molecular flexibility index (Phi) is 5.30. The van der Waals surface area contributed by atoms with Crippen LogP contribution in [0.1, 0.15) is 29.5 Å². The van der Waals surface area contributed by atoms with E-state index in [1.165, 1.54) is 0 Å². The average Bonchev–Trinajstić information content (AvgIpc) is 2.90. The lowest BCUT2D eigenvalue weighted by molar-refractivity contribution is 0.0943. The third-order valence-electron chi connectivity index (χ3n) is 2.87. The van der Waals surface area contributed by atoms with Crippen molar-refractivity contribution < 1.29 is 9.53 Å². The van der Waals surface area contributed by atoms with E-state index in [-0.39, 0.29) is 18.2 Å². The van der Waals surface area contributed by atoms with Gasteiger partial charge in [0.1, 0.15) is 5.69 Å². The molecule has 1 N–H and O–H groups in total. The van der Waals surface area contributed by atoms with Crippen molar-refractivity contribution in [3.8, 4) is 5.69 Å². The van der Waals surface area contributed by atoms with Crippen molar-refractivity contribution in [2.45, 2.75) is 20.0 Å². The molecule has 1 aromatic carbocycles. The second-order valence-electron chi connectivity index (χ2n) is 4.46. The van der Waals surface area contributed by atoms with Crippen LogP contribution in [0.4, 0.5) is 0 Å². The molecular formula is C14H17ClN4O2. The van der Waals surface area contributed by atoms with Gasteiger partial charge in [-0.1, -0.05) is 23.7 Å². The molecule has 0 bridgehead atoms. The zero-order valence-corrected chi connectivity index (χ0v) is 12.7. The average molecular weight is 309 g/mol. The van der Waals surface area contributed by atoms with Gasteiger partial charge in [-0.3, -0.25) is 4.79 Å². The van der Waals surface area contributed by atoms with Crippen LogP contribution in [0, 0.1) is 0 Å². The number of carbonyl (C=O) groups is 1. The van der Waals surface area contributed by atoms with Gasteiger partial charge in [0.05, 0.1) is 12.3 Å². The Morgan fingerprint density at radius 3 is 2.71 bits per heavy atom. The van der Waals surface area contributed by atoms with Crippen molar-refractivity contribution in [3.63, 3.8) is 0 Å². The molecule has 1 amide bonds. The second kappa shape index (κ2) is 7.19. The first kappa shape index (κ1) is 15.5. The summed E-state index contributed by atoms with van der Waals surface area (Å²) >= 11 is 5.88. The molecule has 21 heavy (non-hydrogen) atoms. The van der Waals surface area contributed by atoms with E-state index in [2.05, 4.69) is 15.6 Å². The summed E-state index contributed by atoms with van der Waals surface area (Å²) in [5, 5.41) is 11.4. The summed E-state index contributed by atoms with van der Waals surface area (Å²) in [6.45, 7) is 2.82. The molecule has 2 rings (SSSR count). The summed E-state index contributed by atoms with van der Waals surface area (Å²) in [5.74, 6) is -0.246. The zero-order valence-electron chi connectivity index (χ0n) is 12.0. The van der Waals surface area contributed by atoms with Gasteiger partial charge in [0.25, 0.3) is 5.91 Å².